The molecule has 0 saturated heterocycles. The van der Waals surface area contributed by atoms with Crippen LogP contribution in [-0.4, -0.2) is 11.6 Å². The summed E-state index contributed by atoms with van der Waals surface area (Å²) in [6, 6.07) is 4.61. The molecule has 0 heterocycles. The van der Waals surface area contributed by atoms with E-state index in [2.05, 4.69) is 0 Å². The van der Waals surface area contributed by atoms with Gasteiger partial charge >= 0.3 is 0 Å². The maximum absolute atomic E-state index is 13.2. The number of carbonyl (C=O) groups is 2. The third kappa shape index (κ3) is 2.25. The Bertz CT molecular complexity index is 570. The van der Waals surface area contributed by atoms with Gasteiger partial charge in [0.2, 0.25) is 0 Å². The topological polar surface area (TPSA) is 34.1 Å². The number of carbonyl (C=O) groups excluding carboxylic acids is 2. The van der Waals surface area contributed by atoms with Gasteiger partial charge in [-0.2, -0.15) is 0 Å². The smallest absolute Gasteiger partial charge is 0.147 e. The lowest BCUT2D eigenvalue weighted by molar-refractivity contribution is -0.134. The van der Waals surface area contributed by atoms with Crippen molar-refractivity contribution in [3.8, 4) is 0 Å². The van der Waals surface area contributed by atoms with Crippen LogP contribution in [0.3, 0.4) is 0 Å². The number of allylic oxidation sites excluding steroid dienone is 1. The molecule has 0 unspecified atom stereocenters. The van der Waals surface area contributed by atoms with Gasteiger partial charge in [0.05, 0.1) is 0 Å². The molecule has 1 aliphatic carbocycles. The number of halogens is 1. The van der Waals surface area contributed by atoms with Crippen molar-refractivity contribution in [1.29, 1.82) is 0 Å². The highest BCUT2D eigenvalue weighted by Gasteiger charge is 2.39. The van der Waals surface area contributed by atoms with Crippen molar-refractivity contribution in [1.82, 2.24) is 0 Å². The van der Waals surface area contributed by atoms with E-state index in [0.29, 0.717) is 12.8 Å². The number of benzene rings is 1. The Hall–Kier alpha value is -1.77. The lowest BCUT2D eigenvalue weighted by Crippen LogP contribution is -2.36. The predicted molar refractivity (Wildman–Crippen MR) is 72.2 cm³/mol. The van der Waals surface area contributed by atoms with Crippen molar-refractivity contribution in [3.63, 3.8) is 0 Å². The van der Waals surface area contributed by atoms with E-state index in [1.807, 2.05) is 6.08 Å². The normalized spacial score (nSPS) is 14.6. The highest BCUT2D eigenvalue weighted by Crippen LogP contribution is 2.37. The molecular formula is C16H17FO2. The summed E-state index contributed by atoms with van der Waals surface area (Å²) in [5.41, 5.74) is 1.60. The Kier molecular flexibility index (Phi) is 3.40. The molecule has 1 aromatic rings. The molecule has 0 spiro atoms. The summed E-state index contributed by atoms with van der Waals surface area (Å²) in [5.74, 6) is -0.537. The van der Waals surface area contributed by atoms with E-state index in [4.69, 9.17) is 0 Å². The summed E-state index contributed by atoms with van der Waals surface area (Å²) in [7, 11) is 0. The number of rotatable bonds is 3. The first-order valence-corrected chi connectivity index (χ1v) is 6.37. The minimum atomic E-state index is -1.05. The van der Waals surface area contributed by atoms with Gasteiger partial charge in [-0.15, -0.1) is 0 Å². The van der Waals surface area contributed by atoms with Crippen LogP contribution in [0.15, 0.2) is 23.8 Å². The summed E-state index contributed by atoms with van der Waals surface area (Å²) in [4.78, 5) is 23.7. The lowest BCUT2D eigenvalue weighted by Gasteiger charge is -2.30. The Labute approximate surface area is 112 Å². The van der Waals surface area contributed by atoms with Crippen molar-refractivity contribution in [2.45, 2.75) is 33.6 Å². The Morgan fingerprint density at radius 1 is 1.16 bits per heavy atom. The summed E-state index contributed by atoms with van der Waals surface area (Å²) in [6.45, 7) is 4.57. The van der Waals surface area contributed by atoms with Crippen LogP contribution in [-0.2, 0) is 16.0 Å². The highest BCUT2D eigenvalue weighted by molar-refractivity contribution is 6.08. The average Bonchev–Trinajstić information content (AvgIpc) is 2.36. The fourth-order valence-corrected chi connectivity index (χ4v) is 2.56. The summed E-state index contributed by atoms with van der Waals surface area (Å²) in [6.07, 6.45) is 3.14. The molecule has 2 rings (SSSR count). The zero-order chi connectivity index (χ0) is 14.2. The predicted octanol–water partition coefficient (Wildman–Crippen LogP) is 3.34. The third-order valence-electron chi connectivity index (χ3n) is 4.15. The molecule has 0 saturated carbocycles. The SMILES string of the molecule is CC(=O)C(C)(C(C)=O)C1=Cc2ccc(F)cc2CC1. The maximum Gasteiger partial charge on any atom is 0.147 e. The standard InChI is InChI=1S/C16H17FO2/c1-10(18)16(3,11(2)19)14-6-4-13-9-15(17)7-5-12(13)8-14/h5,7-9H,4,6H2,1-3H3. The van der Waals surface area contributed by atoms with Crippen molar-refractivity contribution < 1.29 is 14.0 Å². The van der Waals surface area contributed by atoms with Gasteiger partial charge in [0.25, 0.3) is 0 Å². The van der Waals surface area contributed by atoms with Gasteiger partial charge in [-0.05, 0) is 62.4 Å². The van der Waals surface area contributed by atoms with Gasteiger partial charge in [-0.25, -0.2) is 4.39 Å². The quantitative estimate of drug-likeness (QED) is 0.781. The molecule has 0 bridgehead atoms. The molecule has 1 aromatic carbocycles. The molecule has 0 atom stereocenters. The maximum atomic E-state index is 13.2. The van der Waals surface area contributed by atoms with Crippen LogP contribution in [0, 0.1) is 11.2 Å². The molecule has 100 valence electrons. The van der Waals surface area contributed by atoms with Crippen molar-refractivity contribution >= 4 is 17.6 Å². The first-order valence-electron chi connectivity index (χ1n) is 6.37. The molecule has 0 radical (unpaired) electrons. The second-order valence-electron chi connectivity index (χ2n) is 5.25. The number of aryl methyl sites for hydroxylation is 1. The lowest BCUT2D eigenvalue weighted by atomic mass is 9.71. The number of Topliss-reactive ketones (excluding diaryl/α,β-unsaturated/α-hetero) is 2. The fraction of sp³-hybridized carbons (Fsp3) is 0.375. The summed E-state index contributed by atoms with van der Waals surface area (Å²) >= 11 is 0. The number of hydrogen-bond acceptors (Lipinski definition) is 2. The molecule has 0 aliphatic heterocycles. The van der Waals surface area contributed by atoms with Crippen LogP contribution in [0.1, 0.15) is 38.3 Å². The molecule has 3 heteroatoms. The summed E-state index contributed by atoms with van der Waals surface area (Å²) < 4.78 is 13.2. The van der Waals surface area contributed by atoms with Crippen LogP contribution in [0.2, 0.25) is 0 Å². The van der Waals surface area contributed by atoms with Gasteiger partial charge in [-0.1, -0.05) is 12.1 Å². The van der Waals surface area contributed by atoms with Crippen molar-refractivity contribution in [2.24, 2.45) is 5.41 Å². The molecule has 0 aromatic heterocycles. The van der Waals surface area contributed by atoms with Gasteiger partial charge in [-0.3, -0.25) is 9.59 Å². The van der Waals surface area contributed by atoms with E-state index in [1.165, 1.54) is 26.0 Å². The zero-order valence-electron chi connectivity index (χ0n) is 11.4. The van der Waals surface area contributed by atoms with Crippen LogP contribution >= 0.6 is 0 Å². The molecule has 0 amide bonds. The van der Waals surface area contributed by atoms with Gasteiger partial charge in [0.15, 0.2) is 0 Å². The van der Waals surface area contributed by atoms with Crippen LogP contribution < -0.4 is 0 Å². The van der Waals surface area contributed by atoms with Gasteiger partial charge in [0.1, 0.15) is 22.8 Å². The molecule has 0 N–H and O–H groups in total. The van der Waals surface area contributed by atoms with Crippen LogP contribution in [0.4, 0.5) is 4.39 Å². The van der Waals surface area contributed by atoms with Crippen molar-refractivity contribution in [3.05, 3.63) is 40.7 Å². The van der Waals surface area contributed by atoms with E-state index in [-0.39, 0.29) is 17.4 Å². The minimum absolute atomic E-state index is 0.142. The van der Waals surface area contributed by atoms with Crippen LogP contribution in [0.5, 0.6) is 0 Å². The van der Waals surface area contributed by atoms with E-state index >= 15 is 0 Å². The first-order chi connectivity index (χ1) is 8.85. The molecule has 19 heavy (non-hydrogen) atoms. The fourth-order valence-electron chi connectivity index (χ4n) is 2.56. The Morgan fingerprint density at radius 3 is 2.37 bits per heavy atom. The Balaban J connectivity index is 2.51. The molecule has 2 nitrogen and oxygen atoms in total. The minimum Gasteiger partial charge on any atom is -0.299 e. The van der Waals surface area contributed by atoms with Gasteiger partial charge < -0.3 is 0 Å². The van der Waals surface area contributed by atoms with Crippen molar-refractivity contribution in [2.75, 3.05) is 0 Å². The Morgan fingerprint density at radius 2 is 1.79 bits per heavy atom. The van der Waals surface area contributed by atoms with E-state index in [9.17, 15) is 14.0 Å². The largest absolute Gasteiger partial charge is 0.299 e. The number of hydrogen-bond donors (Lipinski definition) is 0. The third-order valence-corrected chi connectivity index (χ3v) is 4.15. The summed E-state index contributed by atoms with van der Waals surface area (Å²) in [5, 5.41) is 0. The zero-order valence-corrected chi connectivity index (χ0v) is 11.4. The highest BCUT2D eigenvalue weighted by atomic mass is 19.1. The van der Waals surface area contributed by atoms with E-state index < -0.39 is 5.41 Å². The van der Waals surface area contributed by atoms with E-state index in [0.717, 1.165) is 16.7 Å². The second kappa shape index (κ2) is 4.72. The van der Waals surface area contributed by atoms with Gasteiger partial charge in [0, 0.05) is 0 Å². The molecular weight excluding hydrogens is 243 g/mol. The monoisotopic (exact) mass is 260 g/mol. The number of fused-ring (bicyclic) bond motifs is 1. The van der Waals surface area contributed by atoms with Crippen LogP contribution in [0.25, 0.3) is 6.08 Å². The van der Waals surface area contributed by atoms with E-state index in [1.54, 1.807) is 13.0 Å². The first kappa shape index (κ1) is 13.7. The molecule has 0 fully saturated rings. The second-order valence-corrected chi connectivity index (χ2v) is 5.25. The molecule has 1 aliphatic rings. The average molecular weight is 260 g/mol. The number of ketones is 2.